The quantitative estimate of drug-likeness (QED) is 0.665. The molecule has 0 amide bonds. The molecule has 124 valence electrons. The van der Waals surface area contributed by atoms with Crippen molar-refractivity contribution in [1.82, 2.24) is 10.2 Å². The molecule has 1 heterocycles. The van der Waals surface area contributed by atoms with Gasteiger partial charge in [0.2, 0.25) is 0 Å². The summed E-state index contributed by atoms with van der Waals surface area (Å²) < 4.78 is 5.18. The van der Waals surface area contributed by atoms with E-state index in [2.05, 4.69) is 26.6 Å². The van der Waals surface area contributed by atoms with Crippen LogP contribution in [0.3, 0.4) is 0 Å². The molecule has 25 heavy (non-hydrogen) atoms. The number of nitrogens with one attached hydrogen (secondary N) is 2. The number of halogens is 1. The summed E-state index contributed by atoms with van der Waals surface area (Å²) in [7, 11) is 1.60. The van der Waals surface area contributed by atoms with E-state index in [9.17, 15) is 5.26 Å². The van der Waals surface area contributed by atoms with Crippen LogP contribution in [-0.2, 0) is 0 Å². The van der Waals surface area contributed by atoms with E-state index in [0.29, 0.717) is 22.2 Å². The second-order valence-electron chi connectivity index (χ2n) is 5.08. The number of H-pyrrole nitrogens is 1. The lowest BCUT2D eigenvalue weighted by atomic mass is 10.2. The number of hydrogen-bond acceptors (Lipinski definition) is 5. The Morgan fingerprint density at radius 1 is 1.28 bits per heavy atom. The maximum absolute atomic E-state index is 9.43. The van der Waals surface area contributed by atoms with Gasteiger partial charge in [-0.3, -0.25) is 5.10 Å². The Bertz CT molecular complexity index is 958. The number of nitriles is 1. The maximum atomic E-state index is 9.43. The van der Waals surface area contributed by atoms with Gasteiger partial charge in [-0.2, -0.15) is 10.4 Å². The first-order valence-corrected chi connectivity index (χ1v) is 7.76. The van der Waals surface area contributed by atoms with E-state index in [1.165, 1.54) is 0 Å². The number of benzene rings is 2. The number of nitrogens with zero attached hydrogens (tertiary/aromatic N) is 3. The van der Waals surface area contributed by atoms with Gasteiger partial charge in [-0.1, -0.05) is 29.8 Å². The monoisotopic (exact) mass is 351 g/mol. The van der Waals surface area contributed by atoms with Gasteiger partial charge in [0.15, 0.2) is 11.6 Å². The van der Waals surface area contributed by atoms with Crippen LogP contribution in [0, 0.1) is 11.3 Å². The lowest BCUT2D eigenvalue weighted by Crippen LogP contribution is -1.92. The van der Waals surface area contributed by atoms with Crippen LogP contribution < -0.4 is 10.1 Å². The van der Waals surface area contributed by atoms with Crippen LogP contribution in [0.4, 0.5) is 17.3 Å². The Hall–Kier alpha value is -3.30. The van der Waals surface area contributed by atoms with Crippen LogP contribution in [0.1, 0.15) is 11.1 Å². The van der Waals surface area contributed by atoms with Crippen molar-refractivity contribution in [1.29, 1.82) is 5.26 Å². The lowest BCUT2D eigenvalue weighted by Gasteiger charge is -2.03. The molecule has 0 aliphatic carbocycles. The van der Waals surface area contributed by atoms with Gasteiger partial charge in [0, 0.05) is 16.9 Å². The van der Waals surface area contributed by atoms with Gasteiger partial charge in [0.25, 0.3) is 0 Å². The van der Waals surface area contributed by atoms with Gasteiger partial charge in [0.05, 0.1) is 7.11 Å². The van der Waals surface area contributed by atoms with E-state index in [-0.39, 0.29) is 0 Å². The summed E-state index contributed by atoms with van der Waals surface area (Å²) in [5, 5.41) is 20.0. The van der Waals surface area contributed by atoms with E-state index in [1.807, 2.05) is 36.4 Å². The number of ether oxygens (including phenoxy) is 1. The number of aromatic amines is 1. The highest BCUT2D eigenvalue weighted by Gasteiger charge is 2.12. The van der Waals surface area contributed by atoms with Crippen LogP contribution in [0.15, 0.2) is 53.5 Å². The number of anilines is 2. The summed E-state index contributed by atoms with van der Waals surface area (Å²) in [5.41, 5.74) is 1.90. The Labute approximate surface area is 149 Å². The number of rotatable bonds is 5. The maximum Gasteiger partial charge on any atom is 0.172 e. The zero-order valence-corrected chi connectivity index (χ0v) is 14.1. The molecule has 3 aromatic rings. The van der Waals surface area contributed by atoms with Gasteiger partial charge < -0.3 is 10.1 Å². The summed E-state index contributed by atoms with van der Waals surface area (Å²) in [6.07, 6.45) is 1.64. The van der Waals surface area contributed by atoms with Crippen molar-refractivity contribution in [2.24, 2.45) is 4.99 Å². The zero-order valence-electron chi connectivity index (χ0n) is 13.3. The molecule has 0 aliphatic rings. The summed E-state index contributed by atoms with van der Waals surface area (Å²) >= 11 is 5.97. The van der Waals surface area contributed by atoms with E-state index < -0.39 is 0 Å². The number of aromatic nitrogens is 2. The van der Waals surface area contributed by atoms with E-state index in [1.54, 1.807) is 25.5 Å². The first kappa shape index (κ1) is 16.6. The molecular formula is C18H14ClN5O. The van der Waals surface area contributed by atoms with Crippen molar-refractivity contribution in [2.75, 3.05) is 12.4 Å². The molecule has 2 N–H and O–H groups in total. The molecule has 0 saturated heterocycles. The first-order valence-electron chi connectivity index (χ1n) is 7.39. The second kappa shape index (κ2) is 7.51. The molecule has 0 spiro atoms. The average molecular weight is 352 g/mol. The molecule has 0 radical (unpaired) electrons. The molecule has 6 nitrogen and oxygen atoms in total. The van der Waals surface area contributed by atoms with Crippen molar-refractivity contribution in [3.63, 3.8) is 0 Å². The van der Waals surface area contributed by atoms with Gasteiger partial charge in [0.1, 0.15) is 17.4 Å². The Morgan fingerprint density at radius 2 is 2.12 bits per heavy atom. The Balaban J connectivity index is 1.84. The topological polar surface area (TPSA) is 86.1 Å². The van der Waals surface area contributed by atoms with Crippen LogP contribution in [0.25, 0.3) is 0 Å². The fourth-order valence-electron chi connectivity index (χ4n) is 2.19. The van der Waals surface area contributed by atoms with Crippen LogP contribution in [0.2, 0.25) is 5.02 Å². The normalized spacial score (nSPS) is 10.6. The molecule has 0 atom stereocenters. The Kier molecular flexibility index (Phi) is 4.97. The molecule has 2 aromatic carbocycles. The first-order chi connectivity index (χ1) is 12.2. The highest BCUT2D eigenvalue weighted by molar-refractivity contribution is 6.30. The SMILES string of the molecule is COc1cccc(/C=N/c2[nH]nc(Nc3cccc(Cl)c3)c2C#N)c1. The third-order valence-electron chi connectivity index (χ3n) is 3.38. The smallest absolute Gasteiger partial charge is 0.172 e. The highest BCUT2D eigenvalue weighted by atomic mass is 35.5. The minimum absolute atomic E-state index is 0.319. The fourth-order valence-corrected chi connectivity index (χ4v) is 2.38. The summed E-state index contributed by atoms with van der Waals surface area (Å²) in [6.45, 7) is 0. The van der Waals surface area contributed by atoms with Crippen molar-refractivity contribution < 1.29 is 4.74 Å². The van der Waals surface area contributed by atoms with Gasteiger partial charge in [-0.05, 0) is 35.9 Å². The summed E-state index contributed by atoms with van der Waals surface area (Å²) in [6, 6.07) is 16.7. The van der Waals surface area contributed by atoms with Crippen molar-refractivity contribution >= 4 is 35.1 Å². The molecule has 0 aliphatic heterocycles. The zero-order chi connectivity index (χ0) is 17.6. The van der Waals surface area contributed by atoms with E-state index in [0.717, 1.165) is 17.0 Å². The van der Waals surface area contributed by atoms with E-state index in [4.69, 9.17) is 16.3 Å². The van der Waals surface area contributed by atoms with Crippen molar-refractivity contribution in [2.45, 2.75) is 0 Å². The summed E-state index contributed by atoms with van der Waals surface area (Å²) in [4.78, 5) is 4.32. The standard InChI is InChI=1S/C18H14ClN5O/c1-25-15-7-2-4-12(8-15)11-21-17-16(10-20)18(24-23-17)22-14-6-3-5-13(19)9-14/h2-9,11H,1H3,(H2,22,23,24)/b21-11+. The molecule has 3 rings (SSSR count). The number of aliphatic imine (C=N–C) groups is 1. The minimum atomic E-state index is 0.319. The molecule has 1 aromatic heterocycles. The number of hydrogen-bond donors (Lipinski definition) is 2. The van der Waals surface area contributed by atoms with Crippen molar-refractivity contribution in [3.05, 3.63) is 64.7 Å². The molecule has 0 fully saturated rings. The molecule has 0 saturated carbocycles. The fraction of sp³-hybridized carbons (Fsp3) is 0.0556. The minimum Gasteiger partial charge on any atom is -0.497 e. The third-order valence-corrected chi connectivity index (χ3v) is 3.62. The third kappa shape index (κ3) is 3.97. The van der Waals surface area contributed by atoms with E-state index >= 15 is 0 Å². The summed E-state index contributed by atoms with van der Waals surface area (Å²) in [5.74, 6) is 1.50. The van der Waals surface area contributed by atoms with Crippen LogP contribution >= 0.6 is 11.6 Å². The molecule has 0 unspecified atom stereocenters. The van der Waals surface area contributed by atoms with Crippen LogP contribution in [0.5, 0.6) is 5.75 Å². The predicted octanol–water partition coefficient (Wildman–Crippen LogP) is 4.44. The predicted molar refractivity (Wildman–Crippen MR) is 98.3 cm³/mol. The highest BCUT2D eigenvalue weighted by Crippen LogP contribution is 2.26. The molecule has 7 heteroatoms. The molecular weight excluding hydrogens is 338 g/mol. The number of methoxy groups -OCH3 is 1. The van der Waals surface area contributed by atoms with Gasteiger partial charge in [-0.15, -0.1) is 0 Å². The largest absolute Gasteiger partial charge is 0.497 e. The molecule has 0 bridgehead atoms. The average Bonchev–Trinajstić information content (AvgIpc) is 3.01. The lowest BCUT2D eigenvalue weighted by molar-refractivity contribution is 0.415. The Morgan fingerprint density at radius 3 is 2.88 bits per heavy atom. The van der Waals surface area contributed by atoms with Crippen LogP contribution in [-0.4, -0.2) is 23.5 Å². The van der Waals surface area contributed by atoms with Gasteiger partial charge in [-0.25, -0.2) is 4.99 Å². The second-order valence-corrected chi connectivity index (χ2v) is 5.51. The van der Waals surface area contributed by atoms with Crippen molar-refractivity contribution in [3.8, 4) is 11.8 Å². The van der Waals surface area contributed by atoms with Gasteiger partial charge >= 0.3 is 0 Å².